The van der Waals surface area contributed by atoms with Gasteiger partial charge in [-0.05, 0) is 25.7 Å². The van der Waals surface area contributed by atoms with Crippen LogP contribution < -0.4 is 5.32 Å². The molecule has 0 aromatic heterocycles. The van der Waals surface area contributed by atoms with Crippen molar-refractivity contribution in [1.29, 1.82) is 0 Å². The molecule has 0 radical (unpaired) electrons. The van der Waals surface area contributed by atoms with Crippen molar-refractivity contribution in [2.24, 2.45) is 5.92 Å². The first-order valence-corrected chi connectivity index (χ1v) is 6.51. The van der Waals surface area contributed by atoms with Gasteiger partial charge in [0.25, 0.3) is 0 Å². The second kappa shape index (κ2) is 7.24. The summed E-state index contributed by atoms with van der Waals surface area (Å²) in [5, 5.41) is 3.70. The van der Waals surface area contributed by atoms with Gasteiger partial charge in [-0.15, -0.1) is 0 Å². The normalized spacial score (nSPS) is 20.2. The maximum Gasteiger partial charge on any atom is 0.0615 e. The van der Waals surface area contributed by atoms with E-state index in [9.17, 15) is 0 Å². The van der Waals surface area contributed by atoms with Crippen LogP contribution in [0.4, 0.5) is 0 Å². The fraction of sp³-hybridized carbons (Fsp3) is 1.00. The largest absolute Gasteiger partial charge is 0.383 e. The summed E-state index contributed by atoms with van der Waals surface area (Å²) in [7, 11) is 1.80. The molecule has 0 saturated heterocycles. The van der Waals surface area contributed by atoms with Gasteiger partial charge in [0, 0.05) is 19.2 Å². The standard InChI is InChI=1S/C13H27NO/c1-4-5-6-13(10-15-3)14-11(2)9-12-7-8-12/h11-14H,4-10H2,1-3H3. The van der Waals surface area contributed by atoms with Gasteiger partial charge in [-0.3, -0.25) is 0 Å². The molecule has 0 aromatic rings. The van der Waals surface area contributed by atoms with Crippen LogP contribution in [0.3, 0.4) is 0 Å². The topological polar surface area (TPSA) is 21.3 Å². The maximum absolute atomic E-state index is 5.26. The molecule has 0 aliphatic heterocycles. The molecule has 2 nitrogen and oxygen atoms in total. The van der Waals surface area contributed by atoms with E-state index < -0.39 is 0 Å². The second-order valence-corrected chi connectivity index (χ2v) is 5.04. The van der Waals surface area contributed by atoms with Gasteiger partial charge in [-0.1, -0.05) is 32.6 Å². The van der Waals surface area contributed by atoms with Gasteiger partial charge in [0.1, 0.15) is 0 Å². The minimum absolute atomic E-state index is 0.559. The Hall–Kier alpha value is -0.0800. The molecule has 90 valence electrons. The number of hydrogen-bond donors (Lipinski definition) is 1. The number of unbranched alkanes of at least 4 members (excludes halogenated alkanes) is 1. The Kier molecular flexibility index (Phi) is 6.26. The lowest BCUT2D eigenvalue weighted by Crippen LogP contribution is -2.39. The van der Waals surface area contributed by atoms with E-state index in [1.807, 2.05) is 0 Å². The second-order valence-electron chi connectivity index (χ2n) is 5.04. The molecule has 0 heterocycles. The highest BCUT2D eigenvalue weighted by Gasteiger charge is 2.24. The monoisotopic (exact) mass is 213 g/mol. The van der Waals surface area contributed by atoms with E-state index in [1.165, 1.54) is 38.5 Å². The Morgan fingerprint density at radius 1 is 1.40 bits per heavy atom. The Morgan fingerprint density at radius 2 is 2.13 bits per heavy atom. The van der Waals surface area contributed by atoms with Gasteiger partial charge in [0.15, 0.2) is 0 Å². The minimum Gasteiger partial charge on any atom is -0.383 e. The number of hydrogen-bond acceptors (Lipinski definition) is 2. The van der Waals surface area contributed by atoms with Crippen molar-refractivity contribution in [1.82, 2.24) is 5.32 Å². The predicted octanol–water partition coefficient (Wildman–Crippen LogP) is 2.97. The molecular weight excluding hydrogens is 186 g/mol. The van der Waals surface area contributed by atoms with Crippen molar-refractivity contribution < 1.29 is 4.74 Å². The fourth-order valence-corrected chi connectivity index (χ4v) is 2.19. The first-order valence-electron chi connectivity index (χ1n) is 6.51. The van der Waals surface area contributed by atoms with Crippen LogP contribution in [0.2, 0.25) is 0 Å². The lowest BCUT2D eigenvalue weighted by Gasteiger charge is -2.22. The highest BCUT2D eigenvalue weighted by atomic mass is 16.5. The molecule has 1 fully saturated rings. The van der Waals surface area contributed by atoms with Gasteiger partial charge in [0.2, 0.25) is 0 Å². The van der Waals surface area contributed by atoms with Crippen LogP contribution in [-0.4, -0.2) is 25.8 Å². The van der Waals surface area contributed by atoms with E-state index >= 15 is 0 Å². The van der Waals surface area contributed by atoms with Crippen molar-refractivity contribution in [3.05, 3.63) is 0 Å². The minimum atomic E-state index is 0.559. The van der Waals surface area contributed by atoms with Crippen LogP contribution in [0.5, 0.6) is 0 Å². The molecule has 15 heavy (non-hydrogen) atoms. The predicted molar refractivity (Wildman–Crippen MR) is 65.1 cm³/mol. The Balaban J connectivity index is 2.14. The van der Waals surface area contributed by atoms with Crippen molar-refractivity contribution in [2.45, 2.75) is 64.5 Å². The van der Waals surface area contributed by atoms with Crippen LogP contribution in [0.25, 0.3) is 0 Å². The van der Waals surface area contributed by atoms with Gasteiger partial charge < -0.3 is 10.1 Å². The van der Waals surface area contributed by atoms with Crippen LogP contribution >= 0.6 is 0 Å². The Morgan fingerprint density at radius 3 is 2.67 bits per heavy atom. The third-order valence-corrected chi connectivity index (χ3v) is 3.18. The number of rotatable bonds is 9. The van der Waals surface area contributed by atoms with Crippen LogP contribution in [0.1, 0.15) is 52.4 Å². The zero-order valence-electron chi connectivity index (χ0n) is 10.6. The summed E-state index contributed by atoms with van der Waals surface area (Å²) < 4.78 is 5.26. The summed E-state index contributed by atoms with van der Waals surface area (Å²) in [6.45, 7) is 5.42. The van der Waals surface area contributed by atoms with E-state index in [4.69, 9.17) is 4.74 Å². The molecule has 0 bridgehead atoms. The van der Waals surface area contributed by atoms with Crippen LogP contribution in [0, 0.1) is 5.92 Å². The number of ether oxygens (including phenoxy) is 1. The summed E-state index contributed by atoms with van der Waals surface area (Å²) in [4.78, 5) is 0. The van der Waals surface area contributed by atoms with E-state index in [-0.39, 0.29) is 0 Å². The van der Waals surface area contributed by atoms with Gasteiger partial charge in [0.05, 0.1) is 6.61 Å². The average Bonchev–Trinajstić information content (AvgIpc) is 2.98. The first-order chi connectivity index (χ1) is 7.26. The molecule has 1 aliphatic carbocycles. The average molecular weight is 213 g/mol. The van der Waals surface area contributed by atoms with Crippen molar-refractivity contribution >= 4 is 0 Å². The molecule has 1 rings (SSSR count). The van der Waals surface area contributed by atoms with Crippen molar-refractivity contribution in [3.63, 3.8) is 0 Å². The summed E-state index contributed by atoms with van der Waals surface area (Å²) >= 11 is 0. The molecule has 2 atom stereocenters. The fourth-order valence-electron chi connectivity index (χ4n) is 2.19. The summed E-state index contributed by atoms with van der Waals surface area (Å²) in [6, 6.07) is 1.22. The molecule has 2 unspecified atom stereocenters. The summed E-state index contributed by atoms with van der Waals surface area (Å²) in [5.41, 5.74) is 0. The quantitative estimate of drug-likeness (QED) is 0.636. The lowest BCUT2D eigenvalue weighted by atomic mass is 10.1. The van der Waals surface area contributed by atoms with Gasteiger partial charge in [-0.25, -0.2) is 0 Å². The first kappa shape index (κ1) is 13.0. The molecule has 1 N–H and O–H groups in total. The van der Waals surface area contributed by atoms with Crippen molar-refractivity contribution in [3.8, 4) is 0 Å². The number of methoxy groups -OCH3 is 1. The third-order valence-electron chi connectivity index (χ3n) is 3.18. The highest BCUT2D eigenvalue weighted by Crippen LogP contribution is 2.33. The van der Waals surface area contributed by atoms with Gasteiger partial charge >= 0.3 is 0 Å². The van der Waals surface area contributed by atoms with E-state index in [0.29, 0.717) is 12.1 Å². The lowest BCUT2D eigenvalue weighted by molar-refractivity contribution is 0.155. The SMILES string of the molecule is CCCCC(COC)NC(C)CC1CC1. The molecular formula is C13H27NO. The molecule has 1 saturated carbocycles. The zero-order valence-corrected chi connectivity index (χ0v) is 10.6. The zero-order chi connectivity index (χ0) is 11.1. The summed E-state index contributed by atoms with van der Waals surface area (Å²) in [6.07, 6.45) is 8.09. The maximum atomic E-state index is 5.26. The smallest absolute Gasteiger partial charge is 0.0615 e. The molecule has 0 amide bonds. The van der Waals surface area contributed by atoms with Gasteiger partial charge in [-0.2, -0.15) is 0 Å². The van der Waals surface area contributed by atoms with Crippen LogP contribution in [0.15, 0.2) is 0 Å². The number of nitrogens with one attached hydrogen (secondary N) is 1. The molecule has 0 spiro atoms. The molecule has 1 aliphatic rings. The Labute approximate surface area is 94.8 Å². The molecule has 0 aromatic carbocycles. The van der Waals surface area contributed by atoms with E-state index in [0.717, 1.165) is 12.5 Å². The van der Waals surface area contributed by atoms with E-state index in [2.05, 4.69) is 19.2 Å². The molecule has 2 heteroatoms. The van der Waals surface area contributed by atoms with Crippen molar-refractivity contribution in [2.75, 3.05) is 13.7 Å². The third kappa shape index (κ3) is 6.16. The van der Waals surface area contributed by atoms with E-state index in [1.54, 1.807) is 7.11 Å². The Bertz CT molecular complexity index is 157. The highest BCUT2D eigenvalue weighted by molar-refractivity contribution is 4.80. The van der Waals surface area contributed by atoms with Crippen LogP contribution in [-0.2, 0) is 4.74 Å². The summed E-state index contributed by atoms with van der Waals surface area (Å²) in [5.74, 6) is 1.02.